The van der Waals surface area contributed by atoms with E-state index in [4.69, 9.17) is 23.2 Å². The third-order valence-corrected chi connectivity index (χ3v) is 3.94. The average molecular weight is 315 g/mol. The predicted molar refractivity (Wildman–Crippen MR) is 79.1 cm³/mol. The highest BCUT2D eigenvalue weighted by atomic mass is 35.5. The van der Waals surface area contributed by atoms with Crippen molar-refractivity contribution in [3.63, 3.8) is 0 Å². The molecule has 0 N–H and O–H groups in total. The maximum absolute atomic E-state index is 12.3. The summed E-state index contributed by atoms with van der Waals surface area (Å²) in [6.07, 6.45) is 0. The van der Waals surface area contributed by atoms with Crippen LogP contribution in [0.15, 0.2) is 23.6 Å². The molecular formula is C13H12Cl2N2OS. The molecule has 100 valence electrons. The Hall–Kier alpha value is -1.10. The van der Waals surface area contributed by atoms with Crippen molar-refractivity contribution in [2.24, 2.45) is 0 Å². The van der Waals surface area contributed by atoms with Crippen LogP contribution in [-0.4, -0.2) is 22.8 Å². The fraction of sp³-hybridized carbons (Fsp3) is 0.231. The molecule has 0 bridgehead atoms. The second-order valence-electron chi connectivity index (χ2n) is 4.14. The zero-order chi connectivity index (χ0) is 14.0. The molecule has 1 heterocycles. The first kappa shape index (κ1) is 14.3. The van der Waals surface area contributed by atoms with Gasteiger partial charge in [0, 0.05) is 17.5 Å². The van der Waals surface area contributed by atoms with Crippen molar-refractivity contribution in [1.29, 1.82) is 0 Å². The van der Waals surface area contributed by atoms with Crippen LogP contribution in [-0.2, 0) is 6.54 Å². The lowest BCUT2D eigenvalue weighted by atomic mass is 10.2. The Morgan fingerprint density at radius 1 is 1.42 bits per heavy atom. The number of rotatable bonds is 3. The largest absolute Gasteiger partial charge is 0.336 e. The summed E-state index contributed by atoms with van der Waals surface area (Å²) in [5, 5.41) is 3.81. The number of hydrogen-bond donors (Lipinski definition) is 0. The summed E-state index contributed by atoms with van der Waals surface area (Å²) in [7, 11) is 1.72. The first-order chi connectivity index (χ1) is 8.97. The number of benzene rings is 1. The van der Waals surface area contributed by atoms with E-state index in [1.807, 2.05) is 12.3 Å². The van der Waals surface area contributed by atoms with Crippen LogP contribution in [0.5, 0.6) is 0 Å². The van der Waals surface area contributed by atoms with Crippen LogP contribution in [0.2, 0.25) is 10.0 Å². The van der Waals surface area contributed by atoms with Gasteiger partial charge < -0.3 is 4.90 Å². The number of halogens is 2. The van der Waals surface area contributed by atoms with Crippen molar-refractivity contribution in [1.82, 2.24) is 9.88 Å². The highest BCUT2D eigenvalue weighted by Gasteiger charge is 2.16. The minimum atomic E-state index is -0.146. The van der Waals surface area contributed by atoms with Crippen molar-refractivity contribution in [2.75, 3.05) is 7.05 Å². The Balaban J connectivity index is 2.14. The van der Waals surface area contributed by atoms with Gasteiger partial charge in [-0.3, -0.25) is 4.79 Å². The summed E-state index contributed by atoms with van der Waals surface area (Å²) in [5.74, 6) is -0.146. The van der Waals surface area contributed by atoms with E-state index in [1.165, 1.54) is 0 Å². The highest BCUT2D eigenvalue weighted by molar-refractivity contribution is 7.09. The number of aryl methyl sites for hydroxylation is 1. The Morgan fingerprint density at radius 2 is 2.16 bits per heavy atom. The number of thiazole rings is 1. The number of amides is 1. The molecule has 6 heteroatoms. The molecule has 0 aliphatic rings. The van der Waals surface area contributed by atoms with Crippen molar-refractivity contribution >= 4 is 40.4 Å². The molecule has 0 aliphatic carbocycles. The fourth-order valence-electron chi connectivity index (χ4n) is 1.66. The first-order valence-electron chi connectivity index (χ1n) is 5.59. The van der Waals surface area contributed by atoms with Crippen molar-refractivity contribution in [3.8, 4) is 0 Å². The molecule has 0 aliphatic heterocycles. The minimum absolute atomic E-state index is 0.146. The summed E-state index contributed by atoms with van der Waals surface area (Å²) in [6, 6.07) is 4.86. The number of hydrogen-bond acceptors (Lipinski definition) is 3. The van der Waals surface area contributed by atoms with Crippen LogP contribution < -0.4 is 0 Å². The minimum Gasteiger partial charge on any atom is -0.336 e. The molecule has 2 rings (SSSR count). The monoisotopic (exact) mass is 314 g/mol. The maximum atomic E-state index is 12.3. The third-order valence-electron chi connectivity index (χ3n) is 2.57. The summed E-state index contributed by atoms with van der Waals surface area (Å²) >= 11 is 13.4. The van der Waals surface area contributed by atoms with E-state index in [0.29, 0.717) is 22.2 Å². The van der Waals surface area contributed by atoms with Crippen molar-refractivity contribution in [2.45, 2.75) is 13.5 Å². The normalized spacial score (nSPS) is 10.5. The highest BCUT2D eigenvalue weighted by Crippen LogP contribution is 2.22. The summed E-state index contributed by atoms with van der Waals surface area (Å²) < 4.78 is 0. The number of aromatic nitrogens is 1. The summed E-state index contributed by atoms with van der Waals surface area (Å²) in [5.41, 5.74) is 1.32. The quantitative estimate of drug-likeness (QED) is 0.857. The molecule has 2 aromatic rings. The smallest absolute Gasteiger partial charge is 0.255 e. The Labute approximate surface area is 125 Å². The molecule has 0 fully saturated rings. The van der Waals surface area contributed by atoms with Crippen LogP contribution in [0.1, 0.15) is 21.1 Å². The van der Waals surface area contributed by atoms with Gasteiger partial charge in [-0.2, -0.15) is 0 Å². The molecule has 0 atom stereocenters. The van der Waals surface area contributed by atoms with Crippen LogP contribution in [0.3, 0.4) is 0 Å². The molecule has 0 radical (unpaired) electrons. The third kappa shape index (κ3) is 3.47. The van der Waals surface area contributed by atoms with Gasteiger partial charge in [-0.1, -0.05) is 23.2 Å². The summed E-state index contributed by atoms with van der Waals surface area (Å²) in [6.45, 7) is 2.40. The molecule has 0 spiro atoms. The Bertz CT molecular complexity index is 612. The van der Waals surface area contributed by atoms with Gasteiger partial charge >= 0.3 is 0 Å². The lowest BCUT2D eigenvalue weighted by Crippen LogP contribution is -2.26. The molecule has 1 amide bonds. The molecule has 19 heavy (non-hydrogen) atoms. The van der Waals surface area contributed by atoms with E-state index < -0.39 is 0 Å². The van der Waals surface area contributed by atoms with E-state index in [0.717, 1.165) is 10.7 Å². The second kappa shape index (κ2) is 5.90. The number of carbonyl (C=O) groups is 1. The van der Waals surface area contributed by atoms with Gasteiger partial charge in [0.25, 0.3) is 5.91 Å². The van der Waals surface area contributed by atoms with Gasteiger partial charge in [0.1, 0.15) is 0 Å². The maximum Gasteiger partial charge on any atom is 0.255 e. The Morgan fingerprint density at radius 3 is 2.74 bits per heavy atom. The zero-order valence-electron chi connectivity index (χ0n) is 10.5. The second-order valence-corrected chi connectivity index (χ2v) is 6.05. The van der Waals surface area contributed by atoms with E-state index in [-0.39, 0.29) is 5.91 Å². The van der Waals surface area contributed by atoms with Gasteiger partial charge in [-0.05, 0) is 25.1 Å². The van der Waals surface area contributed by atoms with E-state index in [9.17, 15) is 4.79 Å². The lowest BCUT2D eigenvalue weighted by molar-refractivity contribution is 0.0784. The fourth-order valence-corrected chi connectivity index (χ4v) is 2.76. The molecule has 3 nitrogen and oxygen atoms in total. The SMILES string of the molecule is Cc1nc(CN(C)C(=O)c2ccc(Cl)cc2Cl)cs1. The zero-order valence-corrected chi connectivity index (χ0v) is 12.8. The van der Waals surface area contributed by atoms with E-state index >= 15 is 0 Å². The van der Waals surface area contributed by atoms with Gasteiger partial charge in [0.2, 0.25) is 0 Å². The van der Waals surface area contributed by atoms with Gasteiger partial charge in [0.15, 0.2) is 0 Å². The number of carbonyl (C=O) groups excluding carboxylic acids is 1. The predicted octanol–water partition coefficient (Wildman–Crippen LogP) is 4.03. The van der Waals surface area contributed by atoms with Gasteiger partial charge in [0.05, 0.1) is 27.8 Å². The topological polar surface area (TPSA) is 33.2 Å². The van der Waals surface area contributed by atoms with Crippen molar-refractivity contribution < 1.29 is 4.79 Å². The first-order valence-corrected chi connectivity index (χ1v) is 7.22. The standard InChI is InChI=1S/C13H12Cl2N2OS/c1-8-16-10(7-19-8)6-17(2)13(18)11-4-3-9(14)5-12(11)15/h3-5,7H,6H2,1-2H3. The van der Waals surface area contributed by atoms with Gasteiger partial charge in [-0.25, -0.2) is 4.98 Å². The number of nitrogens with zero attached hydrogens (tertiary/aromatic N) is 2. The average Bonchev–Trinajstić information content (AvgIpc) is 2.74. The molecule has 0 saturated heterocycles. The molecule has 1 aromatic carbocycles. The van der Waals surface area contributed by atoms with E-state index in [1.54, 1.807) is 41.5 Å². The molecular weight excluding hydrogens is 303 g/mol. The molecule has 0 unspecified atom stereocenters. The Kier molecular flexibility index (Phi) is 4.45. The van der Waals surface area contributed by atoms with Gasteiger partial charge in [-0.15, -0.1) is 11.3 Å². The van der Waals surface area contributed by atoms with Crippen LogP contribution >= 0.6 is 34.5 Å². The lowest BCUT2D eigenvalue weighted by Gasteiger charge is -2.16. The molecule has 0 saturated carbocycles. The summed E-state index contributed by atoms with van der Waals surface area (Å²) in [4.78, 5) is 18.2. The van der Waals surface area contributed by atoms with E-state index in [2.05, 4.69) is 4.98 Å². The van der Waals surface area contributed by atoms with Crippen LogP contribution in [0.25, 0.3) is 0 Å². The van der Waals surface area contributed by atoms with Crippen molar-refractivity contribution in [3.05, 3.63) is 49.9 Å². The van der Waals surface area contributed by atoms with Crippen LogP contribution in [0.4, 0.5) is 0 Å². The van der Waals surface area contributed by atoms with Crippen LogP contribution in [0, 0.1) is 6.92 Å². The molecule has 1 aromatic heterocycles.